The highest BCUT2D eigenvalue weighted by Crippen LogP contribution is 2.31. The molecule has 1 atom stereocenters. The number of aromatic nitrogens is 2. The maximum atomic E-state index is 4.62. The lowest BCUT2D eigenvalue weighted by Crippen LogP contribution is -2.31. The van der Waals surface area contributed by atoms with Crippen molar-refractivity contribution in [1.29, 1.82) is 0 Å². The fraction of sp³-hybridized carbons (Fsp3) is 0.462. The van der Waals surface area contributed by atoms with Gasteiger partial charge in [-0.05, 0) is 25.3 Å². The topological polar surface area (TPSA) is 29.9 Å². The molecular weight excluding hydrogens is 230 g/mol. The van der Waals surface area contributed by atoms with E-state index in [1.54, 1.807) is 11.3 Å². The lowest BCUT2D eigenvalue weighted by Gasteiger charge is -2.24. The van der Waals surface area contributed by atoms with Gasteiger partial charge in [-0.2, -0.15) is 0 Å². The van der Waals surface area contributed by atoms with E-state index in [4.69, 9.17) is 0 Å². The number of fused-ring (bicyclic) bond motifs is 1. The minimum absolute atomic E-state index is 0.291. The molecule has 0 saturated carbocycles. The molecular formula is C13H17N3S. The molecule has 0 spiro atoms. The summed E-state index contributed by atoms with van der Waals surface area (Å²) in [5.41, 5.74) is 2.62. The van der Waals surface area contributed by atoms with Crippen molar-refractivity contribution in [1.82, 2.24) is 14.9 Å². The van der Waals surface area contributed by atoms with Crippen LogP contribution < -0.4 is 5.32 Å². The van der Waals surface area contributed by atoms with E-state index in [0.717, 1.165) is 13.0 Å². The second-order valence-corrected chi connectivity index (χ2v) is 5.71. The Kier molecular flexibility index (Phi) is 2.76. The Balaban J connectivity index is 2.03. The molecule has 4 heteroatoms. The van der Waals surface area contributed by atoms with Crippen LogP contribution in [0.3, 0.4) is 0 Å². The minimum Gasteiger partial charge on any atom is -0.332 e. The van der Waals surface area contributed by atoms with Crippen molar-refractivity contribution < 1.29 is 0 Å². The fourth-order valence-corrected chi connectivity index (χ4v) is 3.27. The molecule has 3 rings (SSSR count). The normalized spacial score (nSPS) is 19.6. The molecule has 1 unspecified atom stereocenters. The van der Waals surface area contributed by atoms with Crippen LogP contribution in [-0.4, -0.2) is 16.1 Å². The first-order valence-corrected chi connectivity index (χ1v) is 6.97. The summed E-state index contributed by atoms with van der Waals surface area (Å²) in [6.07, 6.45) is 3.07. The Bertz CT molecular complexity index is 499. The second kappa shape index (κ2) is 4.27. The highest BCUT2D eigenvalue weighted by atomic mass is 32.1. The van der Waals surface area contributed by atoms with E-state index in [2.05, 4.69) is 46.2 Å². The van der Waals surface area contributed by atoms with Gasteiger partial charge in [-0.15, -0.1) is 11.3 Å². The van der Waals surface area contributed by atoms with E-state index in [-0.39, 0.29) is 0 Å². The molecule has 0 aromatic carbocycles. The van der Waals surface area contributed by atoms with Crippen LogP contribution in [0, 0.1) is 0 Å². The maximum Gasteiger partial charge on any atom is 0.0954 e. The number of nitrogens with zero attached hydrogens (tertiary/aromatic N) is 2. The Hall–Kier alpha value is -1.13. The second-order valence-electron chi connectivity index (χ2n) is 4.73. The average Bonchev–Trinajstić information content (AvgIpc) is 2.97. The van der Waals surface area contributed by atoms with Crippen molar-refractivity contribution in [3.63, 3.8) is 0 Å². The van der Waals surface area contributed by atoms with E-state index in [0.29, 0.717) is 12.1 Å². The third-order valence-electron chi connectivity index (χ3n) is 3.30. The minimum atomic E-state index is 0.291. The van der Waals surface area contributed by atoms with Crippen molar-refractivity contribution in [2.24, 2.45) is 0 Å². The molecule has 1 aliphatic rings. The predicted octanol–water partition coefficient (Wildman–Crippen LogP) is 2.76. The predicted molar refractivity (Wildman–Crippen MR) is 70.5 cm³/mol. The van der Waals surface area contributed by atoms with Crippen LogP contribution in [0.5, 0.6) is 0 Å². The molecule has 0 fully saturated rings. The number of hydrogen-bond acceptors (Lipinski definition) is 3. The number of rotatable bonds is 2. The van der Waals surface area contributed by atoms with E-state index in [1.807, 2.05) is 6.33 Å². The molecule has 0 radical (unpaired) electrons. The van der Waals surface area contributed by atoms with Crippen molar-refractivity contribution in [3.8, 4) is 0 Å². The summed E-state index contributed by atoms with van der Waals surface area (Å²) in [5, 5.41) is 5.69. The summed E-state index contributed by atoms with van der Waals surface area (Å²) in [4.78, 5) is 5.98. The lowest BCUT2D eigenvalue weighted by molar-refractivity contribution is 0.516. The molecule has 1 aliphatic heterocycles. The Morgan fingerprint density at radius 2 is 2.41 bits per heavy atom. The molecule has 0 amide bonds. The zero-order chi connectivity index (χ0) is 11.8. The van der Waals surface area contributed by atoms with Gasteiger partial charge in [-0.3, -0.25) is 0 Å². The molecule has 3 heterocycles. The summed E-state index contributed by atoms with van der Waals surface area (Å²) >= 11 is 1.80. The molecule has 1 N–H and O–H groups in total. The van der Waals surface area contributed by atoms with Gasteiger partial charge in [-0.25, -0.2) is 4.98 Å². The molecule has 17 heavy (non-hydrogen) atoms. The number of nitrogens with one attached hydrogen (secondary N) is 1. The summed E-state index contributed by atoms with van der Waals surface area (Å²) < 4.78 is 2.30. The molecule has 2 aromatic heterocycles. The highest BCUT2D eigenvalue weighted by molar-refractivity contribution is 7.10. The van der Waals surface area contributed by atoms with Crippen molar-refractivity contribution >= 4 is 11.3 Å². The average molecular weight is 247 g/mol. The summed E-state index contributed by atoms with van der Waals surface area (Å²) in [6.45, 7) is 5.46. The zero-order valence-corrected chi connectivity index (χ0v) is 11.0. The van der Waals surface area contributed by atoms with Crippen molar-refractivity contribution in [2.75, 3.05) is 6.54 Å². The number of hydrogen-bond donors (Lipinski definition) is 1. The van der Waals surface area contributed by atoms with E-state index in [9.17, 15) is 0 Å². The van der Waals surface area contributed by atoms with Gasteiger partial charge in [0.2, 0.25) is 0 Å². The Morgan fingerprint density at radius 3 is 3.12 bits per heavy atom. The Labute approximate surface area is 106 Å². The standard InChI is InChI=1S/C13H17N3S/c1-9(2)16-8-15-12-10(16)5-6-14-13(12)11-4-3-7-17-11/h3-4,7-9,13-14H,5-6H2,1-2H3. The highest BCUT2D eigenvalue weighted by Gasteiger charge is 2.26. The fourth-order valence-electron chi connectivity index (χ4n) is 2.47. The first-order chi connectivity index (χ1) is 8.27. The van der Waals surface area contributed by atoms with E-state index < -0.39 is 0 Å². The SMILES string of the molecule is CC(C)n1cnc2c1CCNC2c1cccs1. The van der Waals surface area contributed by atoms with Crippen LogP contribution in [-0.2, 0) is 6.42 Å². The van der Waals surface area contributed by atoms with Gasteiger partial charge in [0, 0.05) is 29.6 Å². The smallest absolute Gasteiger partial charge is 0.0954 e. The van der Waals surface area contributed by atoms with Crippen molar-refractivity contribution in [2.45, 2.75) is 32.4 Å². The van der Waals surface area contributed by atoms with Crippen LogP contribution in [0.25, 0.3) is 0 Å². The molecule has 0 aliphatic carbocycles. The quantitative estimate of drug-likeness (QED) is 0.884. The third kappa shape index (κ3) is 1.81. The number of imidazole rings is 1. The van der Waals surface area contributed by atoms with E-state index in [1.165, 1.54) is 16.3 Å². The van der Waals surface area contributed by atoms with Gasteiger partial charge in [0.05, 0.1) is 18.1 Å². The van der Waals surface area contributed by atoms with Crippen molar-refractivity contribution in [3.05, 3.63) is 40.1 Å². The maximum absolute atomic E-state index is 4.62. The monoisotopic (exact) mass is 247 g/mol. The summed E-state index contributed by atoms with van der Waals surface area (Å²) in [7, 11) is 0. The first kappa shape index (κ1) is 11.0. The first-order valence-electron chi connectivity index (χ1n) is 6.09. The molecule has 2 aromatic rings. The molecule has 0 saturated heterocycles. The van der Waals surface area contributed by atoms with Gasteiger partial charge in [-0.1, -0.05) is 6.07 Å². The zero-order valence-electron chi connectivity index (χ0n) is 10.2. The molecule has 0 bridgehead atoms. The van der Waals surface area contributed by atoms with Crippen LogP contribution >= 0.6 is 11.3 Å². The summed E-state index contributed by atoms with van der Waals surface area (Å²) in [5.74, 6) is 0. The molecule has 3 nitrogen and oxygen atoms in total. The number of thiophene rings is 1. The van der Waals surface area contributed by atoms with Crippen LogP contribution in [0.15, 0.2) is 23.8 Å². The van der Waals surface area contributed by atoms with Gasteiger partial charge in [0.25, 0.3) is 0 Å². The van der Waals surface area contributed by atoms with Gasteiger partial charge in [0.15, 0.2) is 0 Å². The van der Waals surface area contributed by atoms with E-state index >= 15 is 0 Å². The lowest BCUT2D eigenvalue weighted by atomic mass is 10.0. The van der Waals surface area contributed by atoms with Gasteiger partial charge < -0.3 is 9.88 Å². The van der Waals surface area contributed by atoms with Gasteiger partial charge in [0.1, 0.15) is 0 Å². The van der Waals surface area contributed by atoms with Crippen LogP contribution in [0.4, 0.5) is 0 Å². The summed E-state index contributed by atoms with van der Waals surface area (Å²) in [6, 6.07) is 5.08. The van der Waals surface area contributed by atoms with Gasteiger partial charge >= 0.3 is 0 Å². The molecule has 90 valence electrons. The third-order valence-corrected chi connectivity index (χ3v) is 4.23. The largest absolute Gasteiger partial charge is 0.332 e. The Morgan fingerprint density at radius 1 is 1.53 bits per heavy atom. The van der Waals surface area contributed by atoms with Crippen LogP contribution in [0.1, 0.15) is 42.2 Å². The van der Waals surface area contributed by atoms with Crippen LogP contribution in [0.2, 0.25) is 0 Å².